The molecule has 80 valence electrons. The lowest BCUT2D eigenvalue weighted by atomic mass is 10.2. The van der Waals surface area contributed by atoms with Gasteiger partial charge in [-0.25, -0.2) is 0 Å². The number of hydrogen-bond acceptors (Lipinski definition) is 5. The van der Waals surface area contributed by atoms with Gasteiger partial charge in [-0.3, -0.25) is 0 Å². The maximum Gasteiger partial charge on any atom is 0.193 e. The van der Waals surface area contributed by atoms with E-state index in [-0.39, 0.29) is 0 Å². The molecule has 0 bridgehead atoms. The van der Waals surface area contributed by atoms with Crippen molar-refractivity contribution in [3.63, 3.8) is 0 Å². The van der Waals surface area contributed by atoms with Crippen LogP contribution in [0, 0.1) is 11.3 Å². The predicted octanol–water partition coefficient (Wildman–Crippen LogP) is 1.45. The molecule has 0 aliphatic heterocycles. The molecule has 1 aromatic carbocycles. The number of aromatic amines is 1. The number of rotatable bonds is 3. The molecule has 1 heterocycles. The number of H-pyrrole nitrogens is 1. The zero-order valence-electron chi connectivity index (χ0n) is 8.11. The first-order valence-corrected chi connectivity index (χ1v) is 5.25. The molecule has 7 heteroatoms. The number of tetrazole rings is 1. The fraction of sp³-hybridized carbons (Fsp3) is 0.111. The quantitative estimate of drug-likeness (QED) is 0.887. The average molecular weight is 279 g/mol. The summed E-state index contributed by atoms with van der Waals surface area (Å²) in [5.41, 5.74) is 1.31. The number of nitrogens with one attached hydrogen (secondary N) is 2. The van der Waals surface area contributed by atoms with E-state index in [2.05, 4.69) is 47.9 Å². The molecule has 0 aliphatic carbocycles. The number of anilines is 1. The smallest absolute Gasteiger partial charge is 0.193 e. The maximum absolute atomic E-state index is 8.91. The largest absolute Gasteiger partial charge is 0.376 e. The SMILES string of the molecule is N#Cc1ccc(Br)cc1NCc1nn[nH]n1. The van der Waals surface area contributed by atoms with E-state index >= 15 is 0 Å². The number of nitrogens with zero attached hydrogens (tertiary/aromatic N) is 4. The van der Waals surface area contributed by atoms with Crippen molar-refractivity contribution in [2.75, 3.05) is 5.32 Å². The number of benzene rings is 1. The first-order chi connectivity index (χ1) is 7.79. The third-order valence-corrected chi connectivity index (χ3v) is 2.42. The first kappa shape index (κ1) is 10.6. The van der Waals surface area contributed by atoms with E-state index in [1.54, 1.807) is 6.07 Å². The molecule has 0 saturated carbocycles. The Hall–Kier alpha value is -1.94. The Bertz CT molecular complexity index is 515. The fourth-order valence-electron chi connectivity index (χ4n) is 1.19. The zero-order chi connectivity index (χ0) is 11.4. The third kappa shape index (κ3) is 2.35. The summed E-state index contributed by atoms with van der Waals surface area (Å²) in [6.45, 7) is 0.418. The van der Waals surface area contributed by atoms with Crippen LogP contribution in [0.5, 0.6) is 0 Å². The Morgan fingerprint density at radius 1 is 1.50 bits per heavy atom. The normalized spacial score (nSPS) is 9.75. The topological polar surface area (TPSA) is 90.3 Å². The Morgan fingerprint density at radius 3 is 3.06 bits per heavy atom. The Morgan fingerprint density at radius 2 is 2.38 bits per heavy atom. The van der Waals surface area contributed by atoms with Crippen molar-refractivity contribution in [3.05, 3.63) is 34.1 Å². The minimum absolute atomic E-state index is 0.418. The van der Waals surface area contributed by atoms with Gasteiger partial charge in [-0.1, -0.05) is 21.1 Å². The molecule has 0 saturated heterocycles. The molecule has 16 heavy (non-hydrogen) atoms. The van der Waals surface area contributed by atoms with Crippen LogP contribution in [0.3, 0.4) is 0 Å². The molecule has 0 aliphatic rings. The lowest BCUT2D eigenvalue weighted by molar-refractivity contribution is 0.881. The number of aromatic nitrogens is 4. The van der Waals surface area contributed by atoms with E-state index in [0.29, 0.717) is 17.9 Å². The zero-order valence-corrected chi connectivity index (χ0v) is 9.69. The van der Waals surface area contributed by atoms with Crippen molar-refractivity contribution in [2.24, 2.45) is 0 Å². The second-order valence-electron chi connectivity index (χ2n) is 2.98. The molecule has 1 aromatic heterocycles. The van der Waals surface area contributed by atoms with Crippen LogP contribution < -0.4 is 5.32 Å². The minimum atomic E-state index is 0.418. The summed E-state index contributed by atoms with van der Waals surface area (Å²) in [5.74, 6) is 0.545. The number of nitriles is 1. The maximum atomic E-state index is 8.91. The van der Waals surface area contributed by atoms with Gasteiger partial charge < -0.3 is 5.32 Å². The highest BCUT2D eigenvalue weighted by molar-refractivity contribution is 9.10. The van der Waals surface area contributed by atoms with E-state index in [4.69, 9.17) is 5.26 Å². The molecule has 2 N–H and O–H groups in total. The van der Waals surface area contributed by atoms with Gasteiger partial charge in [-0.2, -0.15) is 10.5 Å². The Labute approximate surface area is 99.8 Å². The van der Waals surface area contributed by atoms with Gasteiger partial charge in [0, 0.05) is 4.47 Å². The molecule has 0 unspecified atom stereocenters. The van der Waals surface area contributed by atoms with Gasteiger partial charge in [0.2, 0.25) is 0 Å². The van der Waals surface area contributed by atoms with Crippen molar-refractivity contribution in [3.8, 4) is 6.07 Å². The molecule has 0 atom stereocenters. The molecule has 0 radical (unpaired) electrons. The summed E-state index contributed by atoms with van der Waals surface area (Å²) in [6.07, 6.45) is 0. The molecule has 2 rings (SSSR count). The molecular formula is C9H7BrN6. The molecule has 0 spiro atoms. The van der Waals surface area contributed by atoms with Gasteiger partial charge in [0.25, 0.3) is 0 Å². The van der Waals surface area contributed by atoms with E-state index in [0.717, 1.165) is 10.2 Å². The highest BCUT2D eigenvalue weighted by Crippen LogP contribution is 2.20. The Kier molecular flexibility index (Phi) is 3.12. The van der Waals surface area contributed by atoms with Crippen molar-refractivity contribution >= 4 is 21.6 Å². The minimum Gasteiger partial charge on any atom is -0.376 e. The van der Waals surface area contributed by atoms with Crippen LogP contribution in [0.15, 0.2) is 22.7 Å². The standard InChI is InChI=1S/C9H7BrN6/c10-7-2-1-6(4-11)8(3-7)12-5-9-13-15-16-14-9/h1-3,12H,5H2,(H,13,14,15,16). The number of halogens is 1. The lowest BCUT2D eigenvalue weighted by Crippen LogP contribution is -2.03. The number of hydrogen-bond donors (Lipinski definition) is 2. The Balaban J connectivity index is 2.15. The average Bonchev–Trinajstić information content (AvgIpc) is 2.79. The summed E-state index contributed by atoms with van der Waals surface area (Å²) in [6, 6.07) is 7.49. The van der Waals surface area contributed by atoms with Crippen molar-refractivity contribution < 1.29 is 0 Å². The van der Waals surface area contributed by atoms with Gasteiger partial charge in [0.1, 0.15) is 6.07 Å². The van der Waals surface area contributed by atoms with E-state index in [9.17, 15) is 0 Å². The van der Waals surface area contributed by atoms with Crippen LogP contribution in [-0.2, 0) is 6.54 Å². The lowest BCUT2D eigenvalue weighted by Gasteiger charge is -2.05. The van der Waals surface area contributed by atoms with Gasteiger partial charge >= 0.3 is 0 Å². The third-order valence-electron chi connectivity index (χ3n) is 1.93. The molecule has 0 amide bonds. The summed E-state index contributed by atoms with van der Waals surface area (Å²) >= 11 is 3.35. The van der Waals surface area contributed by atoms with Gasteiger partial charge in [0.15, 0.2) is 5.82 Å². The monoisotopic (exact) mass is 278 g/mol. The van der Waals surface area contributed by atoms with E-state index in [1.165, 1.54) is 0 Å². The van der Waals surface area contributed by atoms with Crippen molar-refractivity contribution in [1.29, 1.82) is 5.26 Å². The van der Waals surface area contributed by atoms with Crippen molar-refractivity contribution in [1.82, 2.24) is 20.6 Å². The van der Waals surface area contributed by atoms with Gasteiger partial charge in [-0.05, 0) is 18.2 Å². The van der Waals surface area contributed by atoms with Crippen LogP contribution in [0.4, 0.5) is 5.69 Å². The fourth-order valence-corrected chi connectivity index (χ4v) is 1.55. The summed E-state index contributed by atoms with van der Waals surface area (Å²) < 4.78 is 0.905. The molecule has 2 aromatic rings. The second kappa shape index (κ2) is 4.72. The van der Waals surface area contributed by atoms with Gasteiger partial charge in [0.05, 0.1) is 17.8 Å². The molecule has 0 fully saturated rings. The van der Waals surface area contributed by atoms with Crippen LogP contribution in [0.25, 0.3) is 0 Å². The highest BCUT2D eigenvalue weighted by Gasteiger charge is 2.04. The van der Waals surface area contributed by atoms with E-state index < -0.39 is 0 Å². The van der Waals surface area contributed by atoms with Gasteiger partial charge in [-0.15, -0.1) is 10.2 Å². The summed E-state index contributed by atoms with van der Waals surface area (Å²) in [7, 11) is 0. The first-order valence-electron chi connectivity index (χ1n) is 4.45. The van der Waals surface area contributed by atoms with E-state index in [1.807, 2.05) is 12.1 Å². The highest BCUT2D eigenvalue weighted by atomic mass is 79.9. The van der Waals surface area contributed by atoms with Crippen molar-refractivity contribution in [2.45, 2.75) is 6.54 Å². The van der Waals surface area contributed by atoms with Crippen LogP contribution >= 0.6 is 15.9 Å². The van der Waals surface area contributed by atoms with Crippen LogP contribution in [0.2, 0.25) is 0 Å². The second-order valence-corrected chi connectivity index (χ2v) is 3.90. The predicted molar refractivity (Wildman–Crippen MR) is 60.4 cm³/mol. The molecular weight excluding hydrogens is 272 g/mol. The van der Waals surface area contributed by atoms with Crippen LogP contribution in [0.1, 0.15) is 11.4 Å². The summed E-state index contributed by atoms with van der Waals surface area (Å²) in [5, 5.41) is 25.4. The summed E-state index contributed by atoms with van der Waals surface area (Å²) in [4.78, 5) is 0. The molecule has 6 nitrogen and oxygen atoms in total. The van der Waals surface area contributed by atoms with Crippen LogP contribution in [-0.4, -0.2) is 20.6 Å².